The first kappa shape index (κ1) is 8.41. The Hall–Kier alpha value is -0.590. The molecule has 0 aliphatic rings. The van der Waals surface area contributed by atoms with Crippen molar-refractivity contribution in [2.24, 2.45) is 4.99 Å². The van der Waals surface area contributed by atoms with Crippen molar-refractivity contribution in [1.82, 2.24) is 0 Å². The summed E-state index contributed by atoms with van der Waals surface area (Å²) in [6.07, 6.45) is 6.30. The average molecular weight is 125 g/mol. The quantitative estimate of drug-likeness (QED) is 0.514. The van der Waals surface area contributed by atoms with E-state index in [0.717, 1.165) is 12.1 Å². The van der Waals surface area contributed by atoms with E-state index in [4.69, 9.17) is 0 Å². The van der Waals surface area contributed by atoms with Crippen molar-refractivity contribution in [3.8, 4) is 0 Å². The standard InChI is InChI=1S/C8H15N/c1-4-5-6-7-9-8(2)3/h6-7H,4-5H2,1-3H3/b7-6-. The molecule has 9 heavy (non-hydrogen) atoms. The van der Waals surface area contributed by atoms with E-state index < -0.39 is 0 Å². The highest BCUT2D eigenvalue weighted by Crippen LogP contribution is 1.88. The van der Waals surface area contributed by atoms with E-state index in [1.165, 1.54) is 6.42 Å². The SMILES string of the molecule is CCC/C=C\N=C(C)C. The monoisotopic (exact) mass is 125 g/mol. The van der Waals surface area contributed by atoms with Crippen molar-refractivity contribution in [1.29, 1.82) is 0 Å². The maximum Gasteiger partial charge on any atom is 0.0226 e. The topological polar surface area (TPSA) is 12.4 Å². The Morgan fingerprint density at radius 3 is 2.56 bits per heavy atom. The second-order valence-electron chi connectivity index (χ2n) is 2.25. The van der Waals surface area contributed by atoms with Gasteiger partial charge < -0.3 is 0 Å². The van der Waals surface area contributed by atoms with Crippen LogP contribution in [-0.2, 0) is 0 Å². The fraction of sp³-hybridized carbons (Fsp3) is 0.625. The maximum atomic E-state index is 4.10. The van der Waals surface area contributed by atoms with Crippen LogP contribution in [0.15, 0.2) is 17.3 Å². The third-order valence-corrected chi connectivity index (χ3v) is 0.893. The lowest BCUT2D eigenvalue weighted by Gasteiger charge is -1.82. The number of hydrogen-bond donors (Lipinski definition) is 0. The first-order chi connectivity index (χ1) is 4.27. The molecule has 52 valence electrons. The minimum absolute atomic E-state index is 1.11. The molecule has 0 aliphatic heterocycles. The number of nitrogens with zero attached hydrogens (tertiary/aromatic N) is 1. The van der Waals surface area contributed by atoms with Crippen LogP contribution >= 0.6 is 0 Å². The van der Waals surface area contributed by atoms with Crippen LogP contribution in [0.2, 0.25) is 0 Å². The molecular weight excluding hydrogens is 110 g/mol. The van der Waals surface area contributed by atoms with E-state index in [1.807, 2.05) is 20.0 Å². The zero-order chi connectivity index (χ0) is 7.11. The molecule has 0 rings (SSSR count). The Balaban J connectivity index is 3.35. The summed E-state index contributed by atoms with van der Waals surface area (Å²) in [6.45, 7) is 6.15. The first-order valence-electron chi connectivity index (χ1n) is 3.43. The molecule has 0 fully saturated rings. The summed E-state index contributed by atoms with van der Waals surface area (Å²) in [4.78, 5) is 4.10. The predicted octanol–water partition coefficient (Wildman–Crippen LogP) is 2.78. The molecule has 0 amide bonds. The summed E-state index contributed by atoms with van der Waals surface area (Å²) < 4.78 is 0. The lowest BCUT2D eigenvalue weighted by molar-refractivity contribution is 0.956. The highest BCUT2D eigenvalue weighted by molar-refractivity contribution is 5.79. The molecule has 1 nitrogen and oxygen atoms in total. The lowest BCUT2D eigenvalue weighted by Crippen LogP contribution is -1.74. The van der Waals surface area contributed by atoms with Gasteiger partial charge >= 0.3 is 0 Å². The van der Waals surface area contributed by atoms with E-state index in [-0.39, 0.29) is 0 Å². The summed E-state index contributed by atoms with van der Waals surface area (Å²) >= 11 is 0. The van der Waals surface area contributed by atoms with Gasteiger partial charge in [-0.1, -0.05) is 19.4 Å². The third-order valence-electron chi connectivity index (χ3n) is 0.893. The van der Waals surface area contributed by atoms with Crippen LogP contribution in [0.3, 0.4) is 0 Å². The van der Waals surface area contributed by atoms with E-state index in [1.54, 1.807) is 0 Å². The van der Waals surface area contributed by atoms with Crippen LogP contribution in [0.25, 0.3) is 0 Å². The number of unbranched alkanes of at least 4 members (excludes halogenated alkanes) is 1. The van der Waals surface area contributed by atoms with E-state index in [0.29, 0.717) is 0 Å². The predicted molar refractivity (Wildman–Crippen MR) is 42.8 cm³/mol. The van der Waals surface area contributed by atoms with Gasteiger partial charge in [-0.15, -0.1) is 0 Å². The van der Waals surface area contributed by atoms with E-state index in [9.17, 15) is 0 Å². The molecule has 0 radical (unpaired) electrons. The van der Waals surface area contributed by atoms with Crippen LogP contribution in [0.1, 0.15) is 33.6 Å². The molecular formula is C8H15N. The second-order valence-corrected chi connectivity index (χ2v) is 2.25. The maximum absolute atomic E-state index is 4.10. The Labute approximate surface area is 57.5 Å². The highest BCUT2D eigenvalue weighted by Gasteiger charge is 1.71. The Morgan fingerprint density at radius 2 is 2.11 bits per heavy atom. The van der Waals surface area contributed by atoms with Gasteiger partial charge in [0.05, 0.1) is 0 Å². The average Bonchev–Trinajstić information content (AvgIpc) is 1.80. The smallest absolute Gasteiger partial charge is 0.0226 e. The minimum atomic E-state index is 1.11. The highest BCUT2D eigenvalue weighted by atomic mass is 14.7. The fourth-order valence-electron chi connectivity index (χ4n) is 0.443. The van der Waals surface area contributed by atoms with Gasteiger partial charge in [0.1, 0.15) is 0 Å². The van der Waals surface area contributed by atoms with Gasteiger partial charge in [0.2, 0.25) is 0 Å². The molecule has 1 heteroatoms. The van der Waals surface area contributed by atoms with Crippen molar-refractivity contribution >= 4 is 5.71 Å². The lowest BCUT2D eigenvalue weighted by atomic mass is 10.3. The van der Waals surface area contributed by atoms with Gasteiger partial charge in [0, 0.05) is 11.9 Å². The molecule has 0 atom stereocenters. The molecule has 0 aromatic heterocycles. The summed E-state index contributed by atoms with van der Waals surface area (Å²) in [6, 6.07) is 0. The zero-order valence-electron chi connectivity index (χ0n) is 6.52. The van der Waals surface area contributed by atoms with Gasteiger partial charge in [-0.2, -0.15) is 0 Å². The van der Waals surface area contributed by atoms with E-state index >= 15 is 0 Å². The fourth-order valence-corrected chi connectivity index (χ4v) is 0.443. The summed E-state index contributed by atoms with van der Waals surface area (Å²) in [5.41, 5.74) is 1.11. The van der Waals surface area contributed by atoms with Gasteiger partial charge in [-0.05, 0) is 20.3 Å². The summed E-state index contributed by atoms with van der Waals surface area (Å²) in [7, 11) is 0. The number of aliphatic imine (C=N–C) groups is 1. The van der Waals surface area contributed by atoms with E-state index in [2.05, 4.69) is 18.0 Å². The van der Waals surface area contributed by atoms with Crippen LogP contribution in [0.4, 0.5) is 0 Å². The minimum Gasteiger partial charge on any atom is -0.267 e. The zero-order valence-corrected chi connectivity index (χ0v) is 6.52. The largest absolute Gasteiger partial charge is 0.267 e. The van der Waals surface area contributed by atoms with Crippen LogP contribution in [0.5, 0.6) is 0 Å². The Morgan fingerprint density at radius 1 is 1.44 bits per heavy atom. The molecule has 0 heterocycles. The Kier molecular flexibility index (Phi) is 5.18. The van der Waals surface area contributed by atoms with Gasteiger partial charge in [-0.3, -0.25) is 4.99 Å². The molecule has 0 spiro atoms. The van der Waals surface area contributed by atoms with Crippen LogP contribution in [0, 0.1) is 0 Å². The first-order valence-corrected chi connectivity index (χ1v) is 3.43. The number of hydrogen-bond acceptors (Lipinski definition) is 1. The molecule has 0 bridgehead atoms. The van der Waals surface area contributed by atoms with Crippen LogP contribution < -0.4 is 0 Å². The molecule has 0 aromatic carbocycles. The molecule has 0 aliphatic carbocycles. The number of rotatable bonds is 3. The number of allylic oxidation sites excluding steroid dienone is 1. The molecule has 0 saturated heterocycles. The summed E-state index contributed by atoms with van der Waals surface area (Å²) in [5.74, 6) is 0. The summed E-state index contributed by atoms with van der Waals surface area (Å²) in [5, 5.41) is 0. The van der Waals surface area contributed by atoms with Crippen molar-refractivity contribution in [2.45, 2.75) is 33.6 Å². The second kappa shape index (κ2) is 5.54. The van der Waals surface area contributed by atoms with Gasteiger partial charge in [0.25, 0.3) is 0 Å². The van der Waals surface area contributed by atoms with Crippen molar-refractivity contribution in [2.75, 3.05) is 0 Å². The van der Waals surface area contributed by atoms with Crippen molar-refractivity contribution in [3.63, 3.8) is 0 Å². The third kappa shape index (κ3) is 7.41. The van der Waals surface area contributed by atoms with Crippen molar-refractivity contribution in [3.05, 3.63) is 12.3 Å². The van der Waals surface area contributed by atoms with Crippen LogP contribution in [-0.4, -0.2) is 5.71 Å². The normalized spacial score (nSPS) is 10.1. The molecule has 0 N–H and O–H groups in total. The Bertz CT molecular complexity index is 108. The molecule has 0 aromatic rings. The van der Waals surface area contributed by atoms with Gasteiger partial charge in [-0.25, -0.2) is 0 Å². The molecule has 0 saturated carbocycles. The van der Waals surface area contributed by atoms with Gasteiger partial charge in [0.15, 0.2) is 0 Å². The van der Waals surface area contributed by atoms with Crippen molar-refractivity contribution < 1.29 is 0 Å². The molecule has 0 unspecified atom stereocenters.